The Labute approximate surface area is 144 Å². The Morgan fingerprint density at radius 1 is 0.500 bits per heavy atom. The van der Waals surface area contributed by atoms with Crippen molar-refractivity contribution in [2.75, 3.05) is 0 Å². The molecule has 0 fully saturated rings. The number of rotatable bonds is 2. The molecular weight excluding hydrogens is 356 g/mol. The minimum atomic E-state index is -4.60. The summed E-state index contributed by atoms with van der Waals surface area (Å²) in [7, 11) is 0. The molecule has 0 saturated heterocycles. The zero-order chi connectivity index (χ0) is 18.9. The summed E-state index contributed by atoms with van der Waals surface area (Å²) in [6.07, 6.45) is -9.20. The van der Waals surface area contributed by atoms with Gasteiger partial charge in [-0.1, -0.05) is 42.5 Å². The highest BCUT2D eigenvalue weighted by atomic mass is 19.4. The zero-order valence-corrected chi connectivity index (χ0v) is 13.1. The van der Waals surface area contributed by atoms with Crippen molar-refractivity contribution in [3.05, 3.63) is 77.9 Å². The molecule has 0 unspecified atom stereocenters. The van der Waals surface area contributed by atoms with Gasteiger partial charge in [-0.25, -0.2) is 4.98 Å². The second-order valence-corrected chi connectivity index (χ2v) is 5.49. The molecule has 0 aliphatic heterocycles. The average molecular weight is 367 g/mol. The fourth-order valence-corrected chi connectivity index (χ4v) is 2.64. The first-order valence-corrected chi connectivity index (χ1v) is 7.48. The average Bonchev–Trinajstić information content (AvgIpc) is 2.60. The second-order valence-electron chi connectivity index (χ2n) is 5.49. The quantitative estimate of drug-likeness (QED) is 0.474. The predicted octanol–water partition coefficient (Wildman–Crippen LogP) is 6.45. The first kappa shape index (κ1) is 18.0. The van der Waals surface area contributed by atoms with Gasteiger partial charge in [-0.2, -0.15) is 26.3 Å². The Hall–Kier alpha value is -2.83. The van der Waals surface area contributed by atoms with Crippen LogP contribution in [0.4, 0.5) is 26.3 Å². The van der Waals surface area contributed by atoms with E-state index in [2.05, 4.69) is 4.98 Å². The van der Waals surface area contributed by atoms with E-state index in [1.165, 1.54) is 54.6 Å². The van der Waals surface area contributed by atoms with E-state index in [0.29, 0.717) is 0 Å². The van der Waals surface area contributed by atoms with Crippen LogP contribution >= 0.6 is 0 Å². The van der Waals surface area contributed by atoms with E-state index >= 15 is 0 Å². The van der Waals surface area contributed by atoms with Gasteiger partial charge >= 0.3 is 12.4 Å². The van der Waals surface area contributed by atoms with Crippen molar-refractivity contribution in [1.29, 1.82) is 0 Å². The predicted molar refractivity (Wildman–Crippen MR) is 85.1 cm³/mol. The number of nitrogens with zero attached hydrogens (tertiary/aromatic N) is 1. The molecule has 3 rings (SSSR count). The van der Waals surface area contributed by atoms with Gasteiger partial charge in [-0.3, -0.25) is 0 Å². The minimum Gasteiger partial charge on any atom is -0.248 e. The van der Waals surface area contributed by atoms with E-state index in [1.807, 2.05) is 0 Å². The van der Waals surface area contributed by atoms with Crippen molar-refractivity contribution >= 4 is 0 Å². The zero-order valence-electron chi connectivity index (χ0n) is 13.1. The van der Waals surface area contributed by atoms with Crippen LogP contribution in [0.1, 0.15) is 11.1 Å². The van der Waals surface area contributed by atoms with Crippen LogP contribution in [-0.2, 0) is 12.4 Å². The molecule has 134 valence electrons. The molecule has 0 aliphatic carbocycles. The van der Waals surface area contributed by atoms with E-state index in [9.17, 15) is 26.3 Å². The van der Waals surface area contributed by atoms with Crippen molar-refractivity contribution in [3.8, 4) is 22.5 Å². The standard InChI is InChI=1S/C19H11F6N/c20-18(21,22)14-8-3-1-6-12(14)16-10-5-11-17(26-16)13-7-2-4-9-15(13)19(23,24)25/h1-11H. The molecule has 3 aromatic rings. The molecular formula is C19H11F6N. The summed E-state index contributed by atoms with van der Waals surface area (Å²) in [6.45, 7) is 0. The number of pyridine rings is 1. The maximum absolute atomic E-state index is 13.2. The Morgan fingerprint density at radius 3 is 1.27 bits per heavy atom. The summed E-state index contributed by atoms with van der Waals surface area (Å²) in [5.74, 6) is 0. The molecule has 0 N–H and O–H groups in total. The molecule has 1 heterocycles. The second kappa shape index (κ2) is 6.48. The lowest BCUT2D eigenvalue weighted by molar-refractivity contribution is -0.137. The first-order valence-electron chi connectivity index (χ1n) is 7.48. The summed E-state index contributed by atoms with van der Waals surface area (Å²) >= 11 is 0. The lowest BCUT2D eigenvalue weighted by atomic mass is 10.0. The van der Waals surface area contributed by atoms with Crippen molar-refractivity contribution in [2.45, 2.75) is 12.4 Å². The highest BCUT2D eigenvalue weighted by molar-refractivity contribution is 5.70. The van der Waals surface area contributed by atoms with Gasteiger partial charge in [-0.05, 0) is 24.3 Å². The van der Waals surface area contributed by atoms with Crippen molar-refractivity contribution in [2.24, 2.45) is 0 Å². The normalized spacial score (nSPS) is 12.2. The maximum Gasteiger partial charge on any atom is 0.417 e. The molecule has 1 aromatic heterocycles. The van der Waals surface area contributed by atoms with Crippen LogP contribution < -0.4 is 0 Å². The van der Waals surface area contributed by atoms with Crippen LogP contribution in [0.3, 0.4) is 0 Å². The maximum atomic E-state index is 13.2. The topological polar surface area (TPSA) is 12.9 Å². The van der Waals surface area contributed by atoms with E-state index in [-0.39, 0.29) is 22.5 Å². The van der Waals surface area contributed by atoms with Crippen LogP contribution in [0.15, 0.2) is 66.7 Å². The van der Waals surface area contributed by atoms with Crippen LogP contribution in [-0.4, -0.2) is 4.98 Å². The summed E-state index contributed by atoms with van der Waals surface area (Å²) in [4.78, 5) is 4.06. The molecule has 0 radical (unpaired) electrons. The summed E-state index contributed by atoms with van der Waals surface area (Å²) in [5, 5.41) is 0. The van der Waals surface area contributed by atoms with Gasteiger partial charge in [-0.15, -0.1) is 0 Å². The van der Waals surface area contributed by atoms with E-state index in [1.54, 1.807) is 0 Å². The Balaban J connectivity index is 2.16. The molecule has 0 aliphatic rings. The van der Waals surface area contributed by atoms with Gasteiger partial charge in [0.15, 0.2) is 0 Å². The van der Waals surface area contributed by atoms with E-state index in [4.69, 9.17) is 0 Å². The summed E-state index contributed by atoms with van der Waals surface area (Å²) < 4.78 is 79.2. The van der Waals surface area contributed by atoms with Crippen molar-refractivity contribution in [3.63, 3.8) is 0 Å². The molecule has 0 amide bonds. The highest BCUT2D eigenvalue weighted by Crippen LogP contribution is 2.39. The fourth-order valence-electron chi connectivity index (χ4n) is 2.64. The van der Waals surface area contributed by atoms with E-state index in [0.717, 1.165) is 12.1 Å². The minimum absolute atomic E-state index is 0.0487. The molecule has 2 aromatic carbocycles. The van der Waals surface area contributed by atoms with Crippen molar-refractivity contribution < 1.29 is 26.3 Å². The molecule has 7 heteroatoms. The largest absolute Gasteiger partial charge is 0.417 e. The number of hydrogen-bond acceptors (Lipinski definition) is 1. The smallest absolute Gasteiger partial charge is 0.248 e. The monoisotopic (exact) mass is 367 g/mol. The third kappa shape index (κ3) is 3.56. The third-order valence-electron chi connectivity index (χ3n) is 3.77. The van der Waals surface area contributed by atoms with Gasteiger partial charge in [0.2, 0.25) is 0 Å². The number of hydrogen-bond donors (Lipinski definition) is 0. The van der Waals surface area contributed by atoms with Gasteiger partial charge < -0.3 is 0 Å². The number of aromatic nitrogens is 1. The van der Waals surface area contributed by atoms with Gasteiger partial charge in [0.1, 0.15) is 0 Å². The van der Waals surface area contributed by atoms with E-state index < -0.39 is 23.5 Å². The Bertz CT molecular complexity index is 855. The Kier molecular flexibility index (Phi) is 4.48. The van der Waals surface area contributed by atoms with Gasteiger partial charge in [0.05, 0.1) is 22.5 Å². The molecule has 0 atom stereocenters. The van der Waals surface area contributed by atoms with Crippen LogP contribution in [0.5, 0.6) is 0 Å². The lowest BCUT2D eigenvalue weighted by Crippen LogP contribution is -2.08. The SMILES string of the molecule is FC(F)(F)c1ccccc1-c1cccc(-c2ccccc2C(F)(F)F)n1. The lowest BCUT2D eigenvalue weighted by Gasteiger charge is -2.15. The summed E-state index contributed by atoms with van der Waals surface area (Å²) in [5.41, 5.74) is -2.26. The summed E-state index contributed by atoms with van der Waals surface area (Å²) in [6, 6.07) is 13.7. The molecule has 1 nitrogen and oxygen atoms in total. The molecule has 0 spiro atoms. The van der Waals surface area contributed by atoms with Gasteiger partial charge in [0, 0.05) is 11.1 Å². The number of alkyl halides is 6. The molecule has 0 bridgehead atoms. The van der Waals surface area contributed by atoms with Crippen LogP contribution in [0, 0.1) is 0 Å². The first-order chi connectivity index (χ1) is 12.2. The number of benzene rings is 2. The van der Waals surface area contributed by atoms with Crippen LogP contribution in [0.25, 0.3) is 22.5 Å². The fraction of sp³-hybridized carbons (Fsp3) is 0.105. The Morgan fingerprint density at radius 2 is 0.885 bits per heavy atom. The van der Waals surface area contributed by atoms with Crippen LogP contribution in [0.2, 0.25) is 0 Å². The van der Waals surface area contributed by atoms with Gasteiger partial charge in [0.25, 0.3) is 0 Å². The molecule has 0 saturated carbocycles. The molecule has 26 heavy (non-hydrogen) atoms. The third-order valence-corrected chi connectivity index (χ3v) is 3.77. The number of halogens is 6. The highest BCUT2D eigenvalue weighted by Gasteiger charge is 2.35. The van der Waals surface area contributed by atoms with Crippen molar-refractivity contribution in [1.82, 2.24) is 4.98 Å².